The van der Waals surface area contributed by atoms with Gasteiger partial charge in [-0.15, -0.1) is 0 Å². The molecule has 1 saturated heterocycles. The summed E-state index contributed by atoms with van der Waals surface area (Å²) in [5, 5.41) is 11.7. The van der Waals surface area contributed by atoms with Crippen LogP contribution in [0.25, 0.3) is 5.65 Å². The Kier molecular flexibility index (Phi) is 3.89. The van der Waals surface area contributed by atoms with Crippen LogP contribution >= 0.6 is 0 Å². The zero-order valence-electron chi connectivity index (χ0n) is 13.8. The third-order valence-corrected chi connectivity index (χ3v) is 4.09. The Balaban J connectivity index is 1.53. The van der Waals surface area contributed by atoms with Crippen LogP contribution in [0.1, 0.15) is 56.1 Å². The van der Waals surface area contributed by atoms with E-state index in [2.05, 4.69) is 39.4 Å². The molecule has 1 N–H and O–H groups in total. The maximum atomic E-state index is 5.57. The summed E-state index contributed by atoms with van der Waals surface area (Å²) in [4.78, 5) is 9.02. The SMILES string of the molecule is CC(C)c1cc(NCc2noc([C@H]3CCCO3)n2)n2nccc2n1. The predicted molar refractivity (Wildman–Crippen MR) is 86.6 cm³/mol. The molecule has 8 nitrogen and oxygen atoms in total. The molecule has 4 heterocycles. The van der Waals surface area contributed by atoms with E-state index < -0.39 is 0 Å². The fourth-order valence-electron chi connectivity index (χ4n) is 2.77. The van der Waals surface area contributed by atoms with Gasteiger partial charge in [0.25, 0.3) is 5.89 Å². The summed E-state index contributed by atoms with van der Waals surface area (Å²) in [5.41, 5.74) is 1.83. The highest BCUT2D eigenvalue weighted by atomic mass is 16.5. The normalized spacial score (nSPS) is 17.9. The maximum absolute atomic E-state index is 5.57. The summed E-state index contributed by atoms with van der Waals surface area (Å²) in [7, 11) is 0. The third kappa shape index (κ3) is 2.84. The van der Waals surface area contributed by atoms with E-state index in [1.807, 2.05) is 12.1 Å². The minimum absolute atomic E-state index is 0.0578. The van der Waals surface area contributed by atoms with Crippen molar-refractivity contribution in [1.82, 2.24) is 24.7 Å². The van der Waals surface area contributed by atoms with E-state index in [-0.39, 0.29) is 6.10 Å². The van der Waals surface area contributed by atoms with Crippen molar-refractivity contribution in [1.29, 1.82) is 0 Å². The Hall–Kier alpha value is -2.48. The van der Waals surface area contributed by atoms with Crippen molar-refractivity contribution < 1.29 is 9.26 Å². The minimum Gasteiger partial charge on any atom is -0.368 e. The Bertz CT molecular complexity index is 834. The molecule has 126 valence electrons. The molecule has 0 aliphatic carbocycles. The standard InChI is InChI=1S/C16H20N6O2/c1-10(2)11-8-15(22-14(19-11)5-6-18-22)17-9-13-20-16(24-21-13)12-4-3-7-23-12/h5-6,8,10,12,17H,3-4,7,9H2,1-2H3/t12-/m1/s1. The fourth-order valence-corrected chi connectivity index (χ4v) is 2.77. The van der Waals surface area contributed by atoms with E-state index in [1.54, 1.807) is 10.7 Å². The number of fused-ring (bicyclic) bond motifs is 1. The molecular weight excluding hydrogens is 308 g/mol. The summed E-state index contributed by atoms with van der Waals surface area (Å²) >= 11 is 0. The van der Waals surface area contributed by atoms with Crippen molar-refractivity contribution in [3.05, 3.63) is 35.7 Å². The molecule has 1 atom stereocenters. The van der Waals surface area contributed by atoms with Crippen LogP contribution in [0.3, 0.4) is 0 Å². The van der Waals surface area contributed by atoms with Gasteiger partial charge in [-0.2, -0.15) is 14.6 Å². The van der Waals surface area contributed by atoms with Crippen molar-refractivity contribution in [2.75, 3.05) is 11.9 Å². The van der Waals surface area contributed by atoms with E-state index in [0.29, 0.717) is 24.2 Å². The van der Waals surface area contributed by atoms with Crippen LogP contribution in [0.2, 0.25) is 0 Å². The summed E-state index contributed by atoms with van der Waals surface area (Å²) in [6.07, 6.45) is 3.65. The molecule has 3 aromatic rings. The number of rotatable bonds is 5. The molecule has 0 aromatic carbocycles. The highest BCUT2D eigenvalue weighted by Crippen LogP contribution is 2.27. The molecule has 0 amide bonds. The van der Waals surface area contributed by atoms with Crippen molar-refractivity contribution in [2.24, 2.45) is 0 Å². The van der Waals surface area contributed by atoms with Gasteiger partial charge in [0.15, 0.2) is 11.5 Å². The second kappa shape index (κ2) is 6.20. The lowest BCUT2D eigenvalue weighted by molar-refractivity contribution is 0.0835. The Morgan fingerprint density at radius 2 is 2.29 bits per heavy atom. The van der Waals surface area contributed by atoms with Gasteiger partial charge in [0.05, 0.1) is 12.7 Å². The van der Waals surface area contributed by atoms with Gasteiger partial charge in [0, 0.05) is 24.4 Å². The van der Waals surface area contributed by atoms with Crippen molar-refractivity contribution in [3.63, 3.8) is 0 Å². The zero-order chi connectivity index (χ0) is 16.5. The number of hydrogen-bond acceptors (Lipinski definition) is 7. The number of anilines is 1. The summed E-state index contributed by atoms with van der Waals surface area (Å²) in [5.74, 6) is 2.36. The van der Waals surface area contributed by atoms with Crippen molar-refractivity contribution in [3.8, 4) is 0 Å². The number of nitrogens with one attached hydrogen (secondary N) is 1. The molecule has 0 spiro atoms. The molecule has 1 fully saturated rings. The highest BCUT2D eigenvalue weighted by molar-refractivity contribution is 5.49. The Morgan fingerprint density at radius 3 is 3.08 bits per heavy atom. The van der Waals surface area contributed by atoms with Gasteiger partial charge < -0.3 is 14.6 Å². The average molecular weight is 328 g/mol. The molecule has 1 aliphatic heterocycles. The molecule has 4 rings (SSSR count). The van der Waals surface area contributed by atoms with E-state index in [4.69, 9.17) is 9.26 Å². The second-order valence-electron chi connectivity index (χ2n) is 6.23. The van der Waals surface area contributed by atoms with Gasteiger partial charge in [-0.3, -0.25) is 0 Å². The molecule has 0 saturated carbocycles. The summed E-state index contributed by atoms with van der Waals surface area (Å²) in [6.45, 7) is 5.44. The molecule has 8 heteroatoms. The molecular formula is C16H20N6O2. The molecule has 1 aliphatic rings. The smallest absolute Gasteiger partial charge is 0.255 e. The lowest BCUT2D eigenvalue weighted by atomic mass is 10.1. The van der Waals surface area contributed by atoms with Gasteiger partial charge in [-0.25, -0.2) is 4.98 Å². The zero-order valence-corrected chi connectivity index (χ0v) is 13.8. The lowest BCUT2D eigenvalue weighted by Crippen LogP contribution is -2.09. The second-order valence-corrected chi connectivity index (χ2v) is 6.23. The Labute approximate surface area is 139 Å². The fraction of sp³-hybridized carbons (Fsp3) is 0.500. The van der Waals surface area contributed by atoms with Crippen LogP contribution in [-0.4, -0.2) is 31.3 Å². The molecule has 0 radical (unpaired) electrons. The van der Waals surface area contributed by atoms with Crippen LogP contribution < -0.4 is 5.32 Å². The molecule has 3 aromatic heterocycles. The first-order valence-corrected chi connectivity index (χ1v) is 8.23. The minimum atomic E-state index is -0.0578. The molecule has 0 unspecified atom stereocenters. The summed E-state index contributed by atoms with van der Waals surface area (Å²) < 4.78 is 12.6. The van der Waals surface area contributed by atoms with Crippen molar-refractivity contribution >= 4 is 11.5 Å². The summed E-state index contributed by atoms with van der Waals surface area (Å²) in [6, 6.07) is 3.90. The van der Waals surface area contributed by atoms with Gasteiger partial charge in [-0.05, 0) is 18.8 Å². The number of ether oxygens (including phenoxy) is 1. The third-order valence-electron chi connectivity index (χ3n) is 4.09. The predicted octanol–water partition coefficient (Wildman–Crippen LogP) is 2.70. The van der Waals surface area contributed by atoms with Crippen LogP contribution in [0, 0.1) is 0 Å². The van der Waals surface area contributed by atoms with Gasteiger partial charge in [-0.1, -0.05) is 19.0 Å². The lowest BCUT2D eigenvalue weighted by Gasteiger charge is -2.10. The van der Waals surface area contributed by atoms with Crippen molar-refractivity contribution in [2.45, 2.75) is 45.3 Å². The van der Waals surface area contributed by atoms with Crippen LogP contribution in [0.4, 0.5) is 5.82 Å². The van der Waals surface area contributed by atoms with Crippen LogP contribution in [0.5, 0.6) is 0 Å². The number of nitrogens with zero attached hydrogens (tertiary/aromatic N) is 5. The topological polar surface area (TPSA) is 90.4 Å². The van der Waals surface area contributed by atoms with E-state index in [1.165, 1.54) is 0 Å². The quantitative estimate of drug-likeness (QED) is 0.770. The van der Waals surface area contributed by atoms with Gasteiger partial charge in [0.2, 0.25) is 0 Å². The van der Waals surface area contributed by atoms with Gasteiger partial charge >= 0.3 is 0 Å². The largest absolute Gasteiger partial charge is 0.368 e. The molecule has 0 bridgehead atoms. The molecule has 24 heavy (non-hydrogen) atoms. The highest BCUT2D eigenvalue weighted by Gasteiger charge is 2.23. The Morgan fingerprint density at radius 1 is 1.38 bits per heavy atom. The number of hydrogen-bond donors (Lipinski definition) is 1. The maximum Gasteiger partial charge on any atom is 0.255 e. The monoisotopic (exact) mass is 328 g/mol. The first kappa shape index (κ1) is 15.1. The first-order chi connectivity index (χ1) is 11.7. The van der Waals surface area contributed by atoms with E-state index in [9.17, 15) is 0 Å². The average Bonchev–Trinajstić information content (AvgIpc) is 3.31. The number of aromatic nitrogens is 5. The van der Waals surface area contributed by atoms with E-state index in [0.717, 1.165) is 36.6 Å². The van der Waals surface area contributed by atoms with Crippen LogP contribution in [0.15, 0.2) is 22.9 Å². The van der Waals surface area contributed by atoms with Crippen LogP contribution in [-0.2, 0) is 11.3 Å². The first-order valence-electron chi connectivity index (χ1n) is 8.23. The van der Waals surface area contributed by atoms with E-state index >= 15 is 0 Å². The van der Waals surface area contributed by atoms with Gasteiger partial charge in [0.1, 0.15) is 11.9 Å².